The Bertz CT molecular complexity index is 349. The van der Waals surface area contributed by atoms with Gasteiger partial charge in [-0.3, -0.25) is 0 Å². The highest BCUT2D eigenvalue weighted by molar-refractivity contribution is 5.31. The zero-order chi connectivity index (χ0) is 9.80. The second-order valence-corrected chi connectivity index (χ2v) is 3.84. The van der Waals surface area contributed by atoms with E-state index in [4.69, 9.17) is 0 Å². The summed E-state index contributed by atoms with van der Waals surface area (Å²) >= 11 is 0. The third-order valence-electron chi connectivity index (χ3n) is 2.90. The molecule has 0 aliphatic heterocycles. The van der Waals surface area contributed by atoms with Crippen molar-refractivity contribution in [2.45, 2.75) is 25.7 Å². The topological polar surface area (TPSA) is 31.5 Å². The molecule has 2 rings (SSSR count). The highest BCUT2D eigenvalue weighted by atomic mass is 16.0. The summed E-state index contributed by atoms with van der Waals surface area (Å²) in [5.74, 6) is 0.571. The number of hydrogen-bond donors (Lipinski definition) is 0. The van der Waals surface area contributed by atoms with Crippen molar-refractivity contribution < 1.29 is 5.48 Å². The first-order valence-electron chi connectivity index (χ1n) is 5.28. The van der Waals surface area contributed by atoms with Gasteiger partial charge in [0, 0.05) is 5.92 Å². The fraction of sp³-hybridized carbons (Fsp3) is 0.286. The van der Waals surface area contributed by atoms with E-state index in [9.17, 15) is 0 Å². The average molecular weight is 202 g/mol. The second kappa shape index (κ2) is 5.52. The first-order valence-corrected chi connectivity index (χ1v) is 5.28. The largest absolute Gasteiger partial charge is 0.412 e. The first kappa shape index (κ1) is 11.7. The van der Waals surface area contributed by atoms with E-state index in [1.807, 2.05) is 0 Å². The van der Waals surface area contributed by atoms with E-state index in [0.29, 0.717) is 5.92 Å². The van der Waals surface area contributed by atoms with Crippen LogP contribution in [0.5, 0.6) is 0 Å². The number of allylic oxidation sites excluding steroid dienone is 4. The van der Waals surface area contributed by atoms with Gasteiger partial charge >= 0.3 is 0 Å². The minimum atomic E-state index is 0. The molecule has 0 bridgehead atoms. The van der Waals surface area contributed by atoms with Crippen molar-refractivity contribution in [3.8, 4) is 0 Å². The normalized spacial score (nSPS) is 16.5. The van der Waals surface area contributed by atoms with E-state index in [2.05, 4.69) is 55.5 Å². The molecule has 1 heteroatoms. The molecule has 0 aromatic heterocycles. The molecule has 1 unspecified atom stereocenters. The van der Waals surface area contributed by atoms with Gasteiger partial charge in [-0.1, -0.05) is 61.1 Å². The Morgan fingerprint density at radius 1 is 1.13 bits per heavy atom. The molecular weight excluding hydrogens is 184 g/mol. The summed E-state index contributed by atoms with van der Waals surface area (Å²) < 4.78 is 0. The lowest BCUT2D eigenvalue weighted by atomic mass is 9.88. The first-order chi connectivity index (χ1) is 6.88. The van der Waals surface area contributed by atoms with Crippen molar-refractivity contribution >= 4 is 0 Å². The van der Waals surface area contributed by atoms with E-state index in [1.165, 1.54) is 18.4 Å². The molecule has 15 heavy (non-hydrogen) atoms. The van der Waals surface area contributed by atoms with Crippen molar-refractivity contribution in [2.24, 2.45) is 0 Å². The molecule has 0 saturated heterocycles. The van der Waals surface area contributed by atoms with Crippen LogP contribution in [0.1, 0.15) is 31.2 Å². The van der Waals surface area contributed by atoms with Crippen LogP contribution in [0.4, 0.5) is 0 Å². The number of benzene rings is 1. The molecular formula is C14H18O. The van der Waals surface area contributed by atoms with Gasteiger partial charge in [0.2, 0.25) is 0 Å². The maximum absolute atomic E-state index is 2.29. The van der Waals surface area contributed by atoms with Gasteiger partial charge in [-0.05, 0) is 18.4 Å². The van der Waals surface area contributed by atoms with Gasteiger partial charge in [-0.2, -0.15) is 0 Å². The maximum Gasteiger partial charge on any atom is 0.00230 e. The predicted octanol–water partition coefficient (Wildman–Crippen LogP) is 3.24. The van der Waals surface area contributed by atoms with Gasteiger partial charge in [0.05, 0.1) is 0 Å². The summed E-state index contributed by atoms with van der Waals surface area (Å²) in [5, 5.41) is 0. The zero-order valence-corrected chi connectivity index (χ0v) is 9.11. The average Bonchev–Trinajstić information content (AvgIpc) is 2.30. The fourth-order valence-corrected chi connectivity index (χ4v) is 1.94. The Kier molecular flexibility index (Phi) is 4.32. The molecule has 1 aliphatic carbocycles. The van der Waals surface area contributed by atoms with Gasteiger partial charge in [-0.25, -0.2) is 0 Å². The lowest BCUT2D eigenvalue weighted by molar-refractivity contribution is 0.799. The van der Waals surface area contributed by atoms with Gasteiger partial charge in [0.25, 0.3) is 0 Å². The third kappa shape index (κ3) is 2.80. The van der Waals surface area contributed by atoms with Crippen LogP contribution in [0.2, 0.25) is 0 Å². The Balaban J connectivity index is 0.00000112. The minimum absolute atomic E-state index is 0. The van der Waals surface area contributed by atoms with Crippen LogP contribution in [0.25, 0.3) is 0 Å². The maximum atomic E-state index is 2.29. The molecule has 1 aromatic rings. The predicted molar refractivity (Wildman–Crippen MR) is 64.9 cm³/mol. The molecule has 0 spiro atoms. The summed E-state index contributed by atoms with van der Waals surface area (Å²) in [4.78, 5) is 0. The van der Waals surface area contributed by atoms with Gasteiger partial charge in [0.1, 0.15) is 0 Å². The summed E-state index contributed by atoms with van der Waals surface area (Å²) in [6.45, 7) is 2.29. The highest BCUT2D eigenvalue weighted by Gasteiger charge is 2.10. The van der Waals surface area contributed by atoms with Crippen molar-refractivity contribution in [3.05, 3.63) is 59.7 Å². The number of hydrogen-bond acceptors (Lipinski definition) is 0. The van der Waals surface area contributed by atoms with Crippen molar-refractivity contribution in [1.82, 2.24) is 0 Å². The van der Waals surface area contributed by atoms with E-state index in [-0.39, 0.29) is 5.48 Å². The van der Waals surface area contributed by atoms with Gasteiger partial charge in [0.15, 0.2) is 0 Å². The fourth-order valence-electron chi connectivity index (χ4n) is 1.94. The summed E-state index contributed by atoms with van der Waals surface area (Å²) in [6, 6.07) is 10.7. The van der Waals surface area contributed by atoms with Crippen LogP contribution in [0.3, 0.4) is 0 Å². The molecule has 0 amide bonds. The van der Waals surface area contributed by atoms with E-state index < -0.39 is 0 Å². The smallest absolute Gasteiger partial charge is 0.00230 e. The van der Waals surface area contributed by atoms with Crippen LogP contribution in [0.15, 0.2) is 54.1 Å². The van der Waals surface area contributed by atoms with Crippen LogP contribution in [-0.2, 0) is 0 Å². The SMILES string of the molecule is CC(C1=CC=CCC1)c1ccccc1.O. The quantitative estimate of drug-likeness (QED) is 0.705. The summed E-state index contributed by atoms with van der Waals surface area (Å²) in [5.41, 5.74) is 2.98. The molecule has 0 heterocycles. The standard InChI is InChI=1S/C14H16.H2O/c1-12(13-8-4-2-5-9-13)14-10-6-3-7-11-14;/h2-6,8-10,12H,7,11H2,1H3;1H2. The molecule has 0 fully saturated rings. The lowest BCUT2D eigenvalue weighted by Gasteiger charge is -2.17. The van der Waals surface area contributed by atoms with E-state index in [0.717, 1.165) is 0 Å². The molecule has 1 aromatic carbocycles. The van der Waals surface area contributed by atoms with Crippen molar-refractivity contribution in [1.29, 1.82) is 0 Å². The second-order valence-electron chi connectivity index (χ2n) is 3.84. The van der Waals surface area contributed by atoms with Gasteiger partial charge in [-0.15, -0.1) is 0 Å². The van der Waals surface area contributed by atoms with E-state index in [1.54, 1.807) is 5.57 Å². The molecule has 0 saturated carbocycles. The number of rotatable bonds is 2. The van der Waals surface area contributed by atoms with Gasteiger partial charge < -0.3 is 5.48 Å². The monoisotopic (exact) mass is 202 g/mol. The highest BCUT2D eigenvalue weighted by Crippen LogP contribution is 2.28. The molecule has 1 atom stereocenters. The molecule has 2 N–H and O–H groups in total. The van der Waals surface area contributed by atoms with Crippen LogP contribution in [-0.4, -0.2) is 5.48 Å². The van der Waals surface area contributed by atoms with Crippen LogP contribution in [0, 0.1) is 0 Å². The molecule has 1 nitrogen and oxygen atoms in total. The Morgan fingerprint density at radius 3 is 2.47 bits per heavy atom. The van der Waals surface area contributed by atoms with Crippen LogP contribution >= 0.6 is 0 Å². The van der Waals surface area contributed by atoms with Crippen molar-refractivity contribution in [3.63, 3.8) is 0 Å². The van der Waals surface area contributed by atoms with Crippen molar-refractivity contribution in [2.75, 3.05) is 0 Å². The molecule has 1 aliphatic rings. The summed E-state index contributed by atoms with van der Waals surface area (Å²) in [6.07, 6.45) is 9.09. The third-order valence-corrected chi connectivity index (χ3v) is 2.90. The van der Waals surface area contributed by atoms with E-state index >= 15 is 0 Å². The Hall–Kier alpha value is -1.34. The minimum Gasteiger partial charge on any atom is -0.412 e. The molecule has 0 radical (unpaired) electrons. The Morgan fingerprint density at radius 2 is 1.87 bits per heavy atom. The van der Waals surface area contributed by atoms with Crippen LogP contribution < -0.4 is 0 Å². The lowest BCUT2D eigenvalue weighted by Crippen LogP contribution is -1.99. The molecule has 80 valence electrons. The summed E-state index contributed by atoms with van der Waals surface area (Å²) in [7, 11) is 0. The zero-order valence-electron chi connectivity index (χ0n) is 9.11. The Labute approximate surface area is 91.4 Å².